The van der Waals surface area contributed by atoms with Crippen LogP contribution in [-0.4, -0.2) is 53.4 Å². The number of aromatic carboxylic acids is 1. The second-order valence-corrected chi connectivity index (χ2v) is 7.38. The molecule has 0 bridgehead atoms. The molecule has 0 aliphatic carbocycles. The van der Waals surface area contributed by atoms with Crippen molar-refractivity contribution in [2.24, 2.45) is 0 Å². The maximum atomic E-state index is 11.8. The lowest BCUT2D eigenvalue weighted by Gasteiger charge is -2.22. The molecule has 1 aromatic heterocycles. The third kappa shape index (κ3) is 2.92. The average Bonchev–Trinajstić information content (AvgIpc) is 2.92. The van der Waals surface area contributed by atoms with Crippen molar-refractivity contribution in [3.63, 3.8) is 0 Å². The molecular weight excluding hydrogens is 300 g/mol. The van der Waals surface area contributed by atoms with Crippen LogP contribution in [0.1, 0.15) is 41.1 Å². The van der Waals surface area contributed by atoms with E-state index in [1.165, 1.54) is 10.9 Å². The number of aromatic nitrogens is 2. The van der Waals surface area contributed by atoms with Crippen LogP contribution in [0.2, 0.25) is 0 Å². The number of hydrogen-bond donors (Lipinski definition) is 1. The van der Waals surface area contributed by atoms with Crippen LogP contribution in [0.25, 0.3) is 0 Å². The number of sulfone groups is 1. The molecule has 0 amide bonds. The van der Waals surface area contributed by atoms with Crippen molar-refractivity contribution in [2.75, 3.05) is 18.1 Å². The van der Waals surface area contributed by atoms with Crippen molar-refractivity contribution in [1.29, 1.82) is 0 Å². The van der Waals surface area contributed by atoms with Crippen molar-refractivity contribution in [3.05, 3.63) is 17.5 Å². The summed E-state index contributed by atoms with van der Waals surface area (Å²) in [6.45, 7) is 3.36. The zero-order chi connectivity index (χ0) is 15.8. The van der Waals surface area contributed by atoms with E-state index in [1.807, 2.05) is 0 Å². The van der Waals surface area contributed by atoms with Crippen LogP contribution < -0.4 is 0 Å². The summed E-state index contributed by atoms with van der Waals surface area (Å²) in [6, 6.07) is 0. The number of hydrogen-bond acceptors (Lipinski definition) is 6. The normalized spacial score (nSPS) is 23.9. The van der Waals surface area contributed by atoms with E-state index in [0.717, 1.165) is 0 Å². The number of carboxylic acids is 1. The van der Waals surface area contributed by atoms with Crippen molar-refractivity contribution in [3.8, 4) is 0 Å². The van der Waals surface area contributed by atoms with Crippen LogP contribution in [0.4, 0.5) is 0 Å². The van der Waals surface area contributed by atoms with Gasteiger partial charge in [-0.1, -0.05) is 0 Å². The summed E-state index contributed by atoms with van der Waals surface area (Å²) in [5, 5.41) is 13.1. The van der Waals surface area contributed by atoms with Crippen LogP contribution in [-0.2, 0) is 20.1 Å². The van der Waals surface area contributed by atoms with Gasteiger partial charge in [-0.05, 0) is 20.3 Å². The second-order valence-electron chi connectivity index (χ2n) is 5.20. The third-order valence-electron chi connectivity index (χ3n) is 3.45. The maximum absolute atomic E-state index is 11.8. The Labute approximate surface area is 121 Å². The van der Waals surface area contributed by atoms with E-state index < -0.39 is 27.3 Å². The van der Waals surface area contributed by atoms with Crippen molar-refractivity contribution in [1.82, 2.24) is 9.78 Å². The Morgan fingerprint density at radius 1 is 1.52 bits per heavy atom. The highest BCUT2D eigenvalue weighted by molar-refractivity contribution is 7.91. The lowest BCUT2D eigenvalue weighted by molar-refractivity contribution is 0.0506. The highest BCUT2D eigenvalue weighted by atomic mass is 32.2. The predicted octanol–water partition coefficient (Wildman–Crippen LogP) is 0.292. The molecule has 1 fully saturated rings. The van der Waals surface area contributed by atoms with E-state index >= 15 is 0 Å². The molecule has 1 unspecified atom stereocenters. The third-order valence-corrected chi connectivity index (χ3v) is 5.34. The van der Waals surface area contributed by atoms with Gasteiger partial charge in [0.1, 0.15) is 5.56 Å². The molecular formula is C12H16N2O6S. The summed E-state index contributed by atoms with van der Waals surface area (Å²) in [6.07, 6.45) is 1.51. The maximum Gasteiger partial charge on any atom is 0.359 e. The fraction of sp³-hybridized carbons (Fsp3) is 0.583. The molecule has 8 nitrogen and oxygen atoms in total. The standard InChI is InChI=1S/C12H16N2O6S/c1-3-20-11(17)9-8(10(15)16)6-14(13-9)12(2)4-5-21(18,19)7-12/h6H,3-5,7H2,1-2H3,(H,15,16). The molecule has 1 atom stereocenters. The Hall–Kier alpha value is -1.90. The highest BCUT2D eigenvalue weighted by Crippen LogP contribution is 2.31. The van der Waals surface area contributed by atoms with Crippen molar-refractivity contribution < 1.29 is 27.9 Å². The molecule has 1 saturated heterocycles. The molecule has 1 aliphatic rings. The van der Waals surface area contributed by atoms with E-state index in [-0.39, 0.29) is 29.4 Å². The molecule has 0 saturated carbocycles. The Balaban J connectivity index is 2.45. The molecule has 21 heavy (non-hydrogen) atoms. The van der Waals surface area contributed by atoms with Crippen molar-refractivity contribution in [2.45, 2.75) is 25.8 Å². The lowest BCUT2D eigenvalue weighted by atomic mass is 10.0. The smallest absolute Gasteiger partial charge is 0.359 e. The highest BCUT2D eigenvalue weighted by Gasteiger charge is 2.41. The van der Waals surface area contributed by atoms with E-state index in [2.05, 4.69) is 5.10 Å². The first-order chi connectivity index (χ1) is 9.68. The Bertz CT molecular complexity index is 693. The van der Waals surface area contributed by atoms with Gasteiger partial charge >= 0.3 is 11.9 Å². The summed E-state index contributed by atoms with van der Waals surface area (Å²) in [4.78, 5) is 23.0. The van der Waals surface area contributed by atoms with Gasteiger partial charge < -0.3 is 9.84 Å². The van der Waals surface area contributed by atoms with Crippen LogP contribution in [0.5, 0.6) is 0 Å². The predicted molar refractivity (Wildman–Crippen MR) is 72.1 cm³/mol. The first-order valence-electron chi connectivity index (χ1n) is 6.39. The minimum Gasteiger partial charge on any atom is -0.478 e. The second kappa shape index (κ2) is 5.14. The Morgan fingerprint density at radius 3 is 2.67 bits per heavy atom. The summed E-state index contributed by atoms with van der Waals surface area (Å²) in [5.74, 6) is -2.27. The van der Waals surface area contributed by atoms with E-state index in [1.54, 1.807) is 13.8 Å². The van der Waals surface area contributed by atoms with Gasteiger partial charge in [0.05, 0.1) is 23.7 Å². The van der Waals surface area contributed by atoms with Crippen molar-refractivity contribution >= 4 is 21.8 Å². The van der Waals surface area contributed by atoms with Gasteiger partial charge in [-0.3, -0.25) is 4.68 Å². The molecule has 2 heterocycles. The summed E-state index contributed by atoms with van der Waals surface area (Å²) in [5.41, 5.74) is -1.46. The van der Waals surface area contributed by atoms with Gasteiger partial charge in [-0.15, -0.1) is 0 Å². The topological polar surface area (TPSA) is 116 Å². The van der Waals surface area contributed by atoms with Crippen LogP contribution >= 0.6 is 0 Å². The fourth-order valence-corrected chi connectivity index (χ4v) is 4.45. The number of carbonyl (C=O) groups is 2. The molecule has 2 rings (SSSR count). The number of carboxylic acid groups (broad SMARTS) is 1. The first kappa shape index (κ1) is 15.5. The lowest BCUT2D eigenvalue weighted by Crippen LogP contribution is -2.32. The minimum absolute atomic E-state index is 0.0144. The number of ether oxygens (including phenoxy) is 1. The number of rotatable bonds is 4. The molecule has 0 radical (unpaired) electrons. The van der Waals surface area contributed by atoms with E-state index in [0.29, 0.717) is 6.42 Å². The zero-order valence-electron chi connectivity index (χ0n) is 11.7. The van der Waals surface area contributed by atoms with Gasteiger partial charge in [0.15, 0.2) is 15.5 Å². The van der Waals surface area contributed by atoms with Gasteiger partial charge in [0, 0.05) is 6.20 Å². The number of nitrogens with zero attached hydrogens (tertiary/aromatic N) is 2. The first-order valence-corrected chi connectivity index (χ1v) is 8.22. The molecule has 9 heteroatoms. The summed E-state index contributed by atoms with van der Waals surface area (Å²) < 4.78 is 29.3. The van der Waals surface area contributed by atoms with Gasteiger partial charge in [-0.25, -0.2) is 18.0 Å². The Kier molecular flexibility index (Phi) is 3.79. The molecule has 0 aromatic carbocycles. The summed E-state index contributed by atoms with van der Waals surface area (Å²) >= 11 is 0. The molecule has 0 spiro atoms. The fourth-order valence-electron chi connectivity index (χ4n) is 2.33. The molecule has 1 aromatic rings. The molecule has 1 aliphatic heterocycles. The number of esters is 1. The van der Waals surface area contributed by atoms with Crippen LogP contribution in [0.15, 0.2) is 6.20 Å². The quantitative estimate of drug-likeness (QED) is 0.794. The number of carbonyl (C=O) groups excluding carboxylic acids is 1. The monoisotopic (exact) mass is 316 g/mol. The van der Waals surface area contributed by atoms with Crippen LogP contribution in [0, 0.1) is 0 Å². The van der Waals surface area contributed by atoms with E-state index in [9.17, 15) is 18.0 Å². The molecule has 116 valence electrons. The Morgan fingerprint density at radius 2 is 2.19 bits per heavy atom. The van der Waals surface area contributed by atoms with Gasteiger partial charge in [-0.2, -0.15) is 5.10 Å². The van der Waals surface area contributed by atoms with Gasteiger partial charge in [0.25, 0.3) is 0 Å². The SMILES string of the molecule is CCOC(=O)c1nn(C2(C)CCS(=O)(=O)C2)cc1C(=O)O. The molecule has 1 N–H and O–H groups in total. The summed E-state index contributed by atoms with van der Waals surface area (Å²) in [7, 11) is -3.18. The van der Waals surface area contributed by atoms with Gasteiger partial charge in [0.2, 0.25) is 0 Å². The van der Waals surface area contributed by atoms with E-state index in [4.69, 9.17) is 9.84 Å². The average molecular weight is 316 g/mol. The van der Waals surface area contributed by atoms with Crippen LogP contribution in [0.3, 0.4) is 0 Å². The largest absolute Gasteiger partial charge is 0.478 e. The minimum atomic E-state index is -3.18. The zero-order valence-corrected chi connectivity index (χ0v) is 12.5.